The van der Waals surface area contributed by atoms with E-state index in [0.29, 0.717) is 30.9 Å². The lowest BCUT2D eigenvalue weighted by molar-refractivity contribution is -0.133. The van der Waals surface area contributed by atoms with E-state index in [1.54, 1.807) is 23.1 Å². The Kier molecular flexibility index (Phi) is 7.06. The number of nitrogens with one attached hydrogen (secondary N) is 2. The number of piperidine rings is 1. The lowest BCUT2D eigenvalue weighted by atomic mass is 9.97. The second kappa shape index (κ2) is 9.91. The van der Waals surface area contributed by atoms with Gasteiger partial charge in [0.1, 0.15) is 0 Å². The van der Waals surface area contributed by atoms with Gasteiger partial charge in [-0.25, -0.2) is 0 Å². The maximum absolute atomic E-state index is 12.7. The minimum atomic E-state index is -0.365. The number of carbonyl (C=O) groups excluding carboxylic acids is 3. The van der Waals surface area contributed by atoms with Crippen LogP contribution in [0.5, 0.6) is 0 Å². The van der Waals surface area contributed by atoms with Crippen molar-refractivity contribution in [1.29, 1.82) is 0 Å². The van der Waals surface area contributed by atoms with Crippen LogP contribution in [0.3, 0.4) is 0 Å². The number of carbonyl (C=O) groups is 3. The molecule has 7 heteroatoms. The lowest BCUT2D eigenvalue weighted by Crippen LogP contribution is -2.46. The number of nitrogens with zero attached hydrogens (tertiary/aromatic N) is 1. The third kappa shape index (κ3) is 5.59. The molecule has 1 aliphatic rings. The molecule has 0 spiro atoms. The van der Waals surface area contributed by atoms with Gasteiger partial charge in [-0.05, 0) is 37.5 Å². The van der Waals surface area contributed by atoms with Gasteiger partial charge in [-0.1, -0.05) is 42.0 Å². The Morgan fingerprint density at radius 3 is 2.57 bits per heavy atom. The molecule has 0 aromatic heterocycles. The van der Waals surface area contributed by atoms with Gasteiger partial charge in [-0.2, -0.15) is 0 Å². The number of para-hydroxylation sites is 1. The van der Waals surface area contributed by atoms with Gasteiger partial charge in [-0.3, -0.25) is 14.4 Å². The van der Waals surface area contributed by atoms with Crippen LogP contribution in [-0.2, 0) is 16.1 Å². The van der Waals surface area contributed by atoms with Gasteiger partial charge in [0.05, 0.1) is 18.0 Å². The summed E-state index contributed by atoms with van der Waals surface area (Å²) in [6, 6.07) is 15.1. The molecule has 3 rings (SSSR count). The molecule has 1 fully saturated rings. The fraction of sp³-hybridized carbons (Fsp3) is 0.348. The highest BCUT2D eigenvalue weighted by atomic mass is 16.2. The first kappa shape index (κ1) is 21.4. The molecule has 158 valence electrons. The number of rotatable bonds is 7. The van der Waals surface area contributed by atoms with Gasteiger partial charge < -0.3 is 21.3 Å². The average Bonchev–Trinajstić information content (AvgIpc) is 2.77. The summed E-state index contributed by atoms with van der Waals surface area (Å²) >= 11 is 0. The van der Waals surface area contributed by atoms with Crippen molar-refractivity contribution in [3.8, 4) is 0 Å². The molecule has 30 heavy (non-hydrogen) atoms. The number of hydrogen-bond acceptors (Lipinski definition) is 4. The molecule has 2 aromatic carbocycles. The van der Waals surface area contributed by atoms with E-state index in [4.69, 9.17) is 5.73 Å². The maximum Gasteiger partial charge on any atom is 0.253 e. The number of benzene rings is 2. The van der Waals surface area contributed by atoms with Crippen LogP contribution in [0.25, 0.3) is 0 Å². The van der Waals surface area contributed by atoms with E-state index in [2.05, 4.69) is 10.6 Å². The Labute approximate surface area is 176 Å². The molecule has 1 aliphatic heterocycles. The highest BCUT2D eigenvalue weighted by Gasteiger charge is 2.26. The first-order valence-corrected chi connectivity index (χ1v) is 10.2. The molecule has 0 aliphatic carbocycles. The van der Waals surface area contributed by atoms with E-state index in [1.165, 1.54) is 5.56 Å². The fourth-order valence-corrected chi connectivity index (χ4v) is 3.54. The molecule has 0 bridgehead atoms. The molecular weight excluding hydrogens is 380 g/mol. The molecule has 3 amide bonds. The number of amides is 3. The first-order chi connectivity index (χ1) is 14.4. The number of anilines is 1. The predicted molar refractivity (Wildman–Crippen MR) is 116 cm³/mol. The van der Waals surface area contributed by atoms with E-state index in [-0.39, 0.29) is 30.2 Å². The summed E-state index contributed by atoms with van der Waals surface area (Å²) in [5.74, 6) is -0.979. The molecular formula is C23H28N4O3. The summed E-state index contributed by atoms with van der Waals surface area (Å²) in [6.45, 7) is 3.46. The Morgan fingerprint density at radius 2 is 1.83 bits per heavy atom. The summed E-state index contributed by atoms with van der Waals surface area (Å²) in [5, 5.41) is 5.99. The van der Waals surface area contributed by atoms with Crippen LogP contribution in [-0.4, -0.2) is 42.3 Å². The normalized spacial score (nSPS) is 16.0. The quantitative estimate of drug-likeness (QED) is 0.652. The second-order valence-electron chi connectivity index (χ2n) is 7.65. The number of aryl methyl sites for hydroxylation is 1. The Balaban J connectivity index is 1.58. The molecule has 1 heterocycles. The van der Waals surface area contributed by atoms with E-state index < -0.39 is 0 Å². The summed E-state index contributed by atoms with van der Waals surface area (Å²) in [6.07, 6.45) is 1.48. The first-order valence-electron chi connectivity index (χ1n) is 10.2. The van der Waals surface area contributed by atoms with Crippen LogP contribution in [0.2, 0.25) is 0 Å². The van der Waals surface area contributed by atoms with Crippen molar-refractivity contribution in [2.24, 2.45) is 11.7 Å². The zero-order chi connectivity index (χ0) is 21.5. The molecule has 0 radical (unpaired) electrons. The topological polar surface area (TPSA) is 105 Å². The fourth-order valence-electron chi connectivity index (χ4n) is 3.54. The average molecular weight is 409 g/mol. The van der Waals surface area contributed by atoms with Crippen molar-refractivity contribution in [2.45, 2.75) is 26.3 Å². The monoisotopic (exact) mass is 408 g/mol. The SMILES string of the molecule is Cc1ccc(CNC(=O)c2ccccc2NCC(=O)N2CCCC(C(N)=O)C2)cc1. The largest absolute Gasteiger partial charge is 0.376 e. The summed E-state index contributed by atoms with van der Waals surface area (Å²) in [7, 11) is 0. The smallest absolute Gasteiger partial charge is 0.253 e. The molecule has 1 saturated heterocycles. The third-order valence-corrected chi connectivity index (χ3v) is 5.35. The highest BCUT2D eigenvalue weighted by Crippen LogP contribution is 2.18. The van der Waals surface area contributed by atoms with Crippen LogP contribution in [0.1, 0.15) is 34.3 Å². The Morgan fingerprint density at radius 1 is 1.10 bits per heavy atom. The maximum atomic E-state index is 12.7. The van der Waals surface area contributed by atoms with E-state index in [9.17, 15) is 14.4 Å². The van der Waals surface area contributed by atoms with Crippen LogP contribution < -0.4 is 16.4 Å². The summed E-state index contributed by atoms with van der Waals surface area (Å²) < 4.78 is 0. The lowest BCUT2D eigenvalue weighted by Gasteiger charge is -2.31. The van der Waals surface area contributed by atoms with Crippen LogP contribution >= 0.6 is 0 Å². The van der Waals surface area contributed by atoms with Crippen molar-refractivity contribution in [1.82, 2.24) is 10.2 Å². The molecule has 1 unspecified atom stereocenters. The van der Waals surface area contributed by atoms with E-state index in [0.717, 1.165) is 18.4 Å². The predicted octanol–water partition coefficient (Wildman–Crippen LogP) is 2.06. The van der Waals surface area contributed by atoms with Gasteiger partial charge >= 0.3 is 0 Å². The molecule has 1 atom stereocenters. The number of likely N-dealkylation sites (tertiary alicyclic amines) is 1. The van der Waals surface area contributed by atoms with E-state index >= 15 is 0 Å². The highest BCUT2D eigenvalue weighted by molar-refractivity contribution is 6.00. The van der Waals surface area contributed by atoms with Gasteiger partial charge in [-0.15, -0.1) is 0 Å². The third-order valence-electron chi connectivity index (χ3n) is 5.35. The zero-order valence-corrected chi connectivity index (χ0v) is 17.2. The standard InChI is InChI=1S/C23H28N4O3/c1-16-8-10-17(11-9-16)13-26-23(30)19-6-2-3-7-20(19)25-14-21(28)27-12-4-5-18(15-27)22(24)29/h2-3,6-11,18,25H,4-5,12-15H2,1H3,(H2,24,29)(H,26,30). The van der Waals surface area contributed by atoms with Crippen molar-refractivity contribution in [2.75, 3.05) is 25.0 Å². The van der Waals surface area contributed by atoms with Crippen molar-refractivity contribution < 1.29 is 14.4 Å². The molecule has 2 aromatic rings. The minimum Gasteiger partial charge on any atom is -0.376 e. The second-order valence-corrected chi connectivity index (χ2v) is 7.65. The Hall–Kier alpha value is -3.35. The van der Waals surface area contributed by atoms with Crippen LogP contribution in [0, 0.1) is 12.8 Å². The number of primary amides is 1. The van der Waals surface area contributed by atoms with Crippen LogP contribution in [0.4, 0.5) is 5.69 Å². The van der Waals surface area contributed by atoms with Gasteiger partial charge in [0.2, 0.25) is 11.8 Å². The van der Waals surface area contributed by atoms with Crippen molar-refractivity contribution in [3.63, 3.8) is 0 Å². The van der Waals surface area contributed by atoms with Crippen molar-refractivity contribution in [3.05, 3.63) is 65.2 Å². The molecule has 0 saturated carbocycles. The van der Waals surface area contributed by atoms with Crippen LogP contribution in [0.15, 0.2) is 48.5 Å². The minimum absolute atomic E-state index is 0.0493. The Bertz CT molecular complexity index is 911. The van der Waals surface area contributed by atoms with Gasteiger partial charge in [0, 0.05) is 25.3 Å². The summed E-state index contributed by atoms with van der Waals surface area (Å²) in [5.41, 5.74) is 8.64. The molecule has 7 nitrogen and oxygen atoms in total. The molecule has 4 N–H and O–H groups in total. The number of hydrogen-bond donors (Lipinski definition) is 3. The van der Waals surface area contributed by atoms with Gasteiger partial charge in [0.25, 0.3) is 5.91 Å². The summed E-state index contributed by atoms with van der Waals surface area (Å²) in [4.78, 5) is 38.3. The van der Waals surface area contributed by atoms with Crippen molar-refractivity contribution >= 4 is 23.4 Å². The van der Waals surface area contributed by atoms with Gasteiger partial charge in [0.15, 0.2) is 0 Å². The van der Waals surface area contributed by atoms with E-state index in [1.807, 2.05) is 37.3 Å². The zero-order valence-electron chi connectivity index (χ0n) is 17.2. The number of nitrogens with two attached hydrogens (primary N) is 1.